The van der Waals surface area contributed by atoms with Crippen LogP contribution in [0.2, 0.25) is 0 Å². The summed E-state index contributed by atoms with van der Waals surface area (Å²) in [6.45, 7) is 0. The molecule has 1 aliphatic heterocycles. The molecule has 0 aliphatic carbocycles. The van der Waals surface area contributed by atoms with Gasteiger partial charge in [-0.1, -0.05) is 18.2 Å². The van der Waals surface area contributed by atoms with Gasteiger partial charge in [0.25, 0.3) is 15.6 Å². The third kappa shape index (κ3) is 1.14. The molecular formula is C10H9N3O3S. The zero-order valence-corrected chi connectivity index (χ0v) is 9.71. The van der Waals surface area contributed by atoms with Crippen molar-refractivity contribution in [2.45, 2.75) is 4.90 Å². The van der Waals surface area contributed by atoms with Gasteiger partial charge in [-0.15, -0.1) is 0 Å². The quantitative estimate of drug-likeness (QED) is 0.715. The number of nitrogens with zero attached hydrogens (tertiary/aromatic N) is 1. The molecule has 0 amide bonds. The predicted octanol–water partition coefficient (Wildman–Crippen LogP) is 0.509. The summed E-state index contributed by atoms with van der Waals surface area (Å²) in [6.07, 6.45) is 0. The molecule has 2 aromatic rings. The molecule has 0 radical (unpaired) electrons. The summed E-state index contributed by atoms with van der Waals surface area (Å²) in [5, 5.41) is 5.11. The molecule has 0 saturated carbocycles. The minimum Gasteiger partial charge on any atom is -0.295 e. The second-order valence-electron chi connectivity index (χ2n) is 3.77. The number of rotatable bonds is 0. The van der Waals surface area contributed by atoms with E-state index in [1.54, 1.807) is 18.2 Å². The lowest BCUT2D eigenvalue weighted by Gasteiger charge is -2.24. The van der Waals surface area contributed by atoms with E-state index in [2.05, 4.69) is 10.2 Å². The summed E-state index contributed by atoms with van der Waals surface area (Å²) in [6, 6.07) is 6.58. The minimum atomic E-state index is -3.63. The molecule has 1 aromatic heterocycles. The highest BCUT2D eigenvalue weighted by Gasteiger charge is 2.35. The Morgan fingerprint density at radius 3 is 2.65 bits per heavy atom. The number of benzene rings is 1. The Balaban J connectivity index is 2.52. The largest absolute Gasteiger partial charge is 0.295 e. The maximum Gasteiger partial charge on any atom is 0.289 e. The van der Waals surface area contributed by atoms with Crippen molar-refractivity contribution in [3.05, 3.63) is 34.6 Å². The molecule has 0 unspecified atom stereocenters. The van der Waals surface area contributed by atoms with Gasteiger partial charge in [0, 0.05) is 12.6 Å². The van der Waals surface area contributed by atoms with Crippen LogP contribution in [-0.4, -0.2) is 25.7 Å². The molecule has 3 rings (SSSR count). The van der Waals surface area contributed by atoms with Crippen molar-refractivity contribution in [1.29, 1.82) is 0 Å². The number of sulfonamides is 1. The second-order valence-corrected chi connectivity index (χ2v) is 5.71. The average Bonchev–Trinajstić information content (AvgIpc) is 2.69. The molecule has 0 saturated heterocycles. The van der Waals surface area contributed by atoms with Crippen molar-refractivity contribution in [1.82, 2.24) is 10.2 Å². The fraction of sp³-hybridized carbons (Fsp3) is 0.100. The monoisotopic (exact) mass is 251 g/mol. The zero-order chi connectivity index (χ0) is 12.2. The van der Waals surface area contributed by atoms with Gasteiger partial charge in [-0.05, 0) is 6.07 Å². The van der Waals surface area contributed by atoms with E-state index in [1.807, 2.05) is 0 Å². The van der Waals surface area contributed by atoms with Crippen LogP contribution in [0.1, 0.15) is 0 Å². The average molecular weight is 251 g/mol. The van der Waals surface area contributed by atoms with Gasteiger partial charge < -0.3 is 0 Å². The molecular weight excluding hydrogens is 242 g/mol. The van der Waals surface area contributed by atoms with E-state index < -0.39 is 15.6 Å². The molecule has 7 heteroatoms. The van der Waals surface area contributed by atoms with Crippen molar-refractivity contribution in [3.8, 4) is 11.3 Å². The van der Waals surface area contributed by atoms with E-state index in [9.17, 15) is 13.2 Å². The van der Waals surface area contributed by atoms with Crippen LogP contribution in [0.4, 0.5) is 5.69 Å². The number of aromatic nitrogens is 2. The van der Waals surface area contributed by atoms with E-state index in [0.717, 1.165) is 4.31 Å². The molecule has 0 atom stereocenters. The third-order valence-electron chi connectivity index (χ3n) is 2.86. The van der Waals surface area contributed by atoms with Crippen LogP contribution in [-0.2, 0) is 10.0 Å². The van der Waals surface area contributed by atoms with E-state index in [4.69, 9.17) is 0 Å². The number of hydrogen-bond acceptors (Lipinski definition) is 3. The lowest BCUT2D eigenvalue weighted by molar-refractivity contribution is 0.594. The predicted molar refractivity (Wildman–Crippen MR) is 62.4 cm³/mol. The van der Waals surface area contributed by atoms with Gasteiger partial charge in [0.1, 0.15) is 5.69 Å². The Bertz CT molecular complexity index is 757. The second kappa shape index (κ2) is 3.01. The van der Waals surface area contributed by atoms with Crippen molar-refractivity contribution >= 4 is 15.7 Å². The van der Waals surface area contributed by atoms with Crippen molar-refractivity contribution < 1.29 is 8.42 Å². The van der Waals surface area contributed by atoms with E-state index in [-0.39, 0.29) is 10.6 Å². The van der Waals surface area contributed by atoms with Crippen LogP contribution in [0.3, 0.4) is 0 Å². The Morgan fingerprint density at radius 2 is 1.88 bits per heavy atom. The number of H-pyrrole nitrogens is 2. The first-order valence-corrected chi connectivity index (χ1v) is 6.36. The van der Waals surface area contributed by atoms with E-state index >= 15 is 0 Å². The number of hydrogen-bond donors (Lipinski definition) is 2. The molecule has 2 heterocycles. The van der Waals surface area contributed by atoms with Crippen LogP contribution in [0.5, 0.6) is 0 Å². The smallest absolute Gasteiger partial charge is 0.289 e. The van der Waals surface area contributed by atoms with Crippen molar-refractivity contribution in [2.24, 2.45) is 0 Å². The topological polar surface area (TPSA) is 86.0 Å². The van der Waals surface area contributed by atoms with Gasteiger partial charge in [-0.2, -0.15) is 0 Å². The Kier molecular flexibility index (Phi) is 1.80. The standard InChI is InChI=1S/C10H9N3O3S/c1-13-9-8(11-12-10(9)14)6-4-2-3-5-7(6)17(13,15)16/h2-5H,1H3,(H2,11,12,14). The third-order valence-corrected chi connectivity index (χ3v) is 4.68. The Hall–Kier alpha value is -2.02. The Labute approximate surface area is 96.9 Å². The highest BCUT2D eigenvalue weighted by molar-refractivity contribution is 7.93. The lowest BCUT2D eigenvalue weighted by Crippen LogP contribution is -2.33. The van der Waals surface area contributed by atoms with Gasteiger partial charge in [0.2, 0.25) is 0 Å². The summed E-state index contributed by atoms with van der Waals surface area (Å²) < 4.78 is 25.4. The highest BCUT2D eigenvalue weighted by atomic mass is 32.2. The van der Waals surface area contributed by atoms with Crippen molar-refractivity contribution in [3.63, 3.8) is 0 Å². The molecule has 0 fully saturated rings. The van der Waals surface area contributed by atoms with Gasteiger partial charge >= 0.3 is 0 Å². The first-order chi connectivity index (χ1) is 8.03. The lowest BCUT2D eigenvalue weighted by atomic mass is 10.1. The molecule has 0 bridgehead atoms. The van der Waals surface area contributed by atoms with Crippen LogP contribution in [0.25, 0.3) is 11.3 Å². The van der Waals surface area contributed by atoms with Crippen LogP contribution < -0.4 is 9.86 Å². The first-order valence-electron chi connectivity index (χ1n) is 4.92. The maximum atomic E-state index is 12.2. The van der Waals surface area contributed by atoms with Crippen LogP contribution in [0.15, 0.2) is 34.0 Å². The summed E-state index contributed by atoms with van der Waals surface area (Å²) in [5.74, 6) is 0. The minimum absolute atomic E-state index is 0.128. The van der Waals surface area contributed by atoms with E-state index in [1.165, 1.54) is 13.1 Å². The fourth-order valence-corrected chi connectivity index (χ4v) is 3.42. The van der Waals surface area contributed by atoms with Gasteiger partial charge in [-0.3, -0.25) is 19.3 Å². The van der Waals surface area contributed by atoms with Gasteiger partial charge in [0.15, 0.2) is 0 Å². The molecule has 0 spiro atoms. The molecule has 17 heavy (non-hydrogen) atoms. The normalized spacial score (nSPS) is 16.4. The summed E-state index contributed by atoms with van der Waals surface area (Å²) >= 11 is 0. The molecule has 88 valence electrons. The summed E-state index contributed by atoms with van der Waals surface area (Å²) in [5.41, 5.74) is 0.700. The van der Waals surface area contributed by atoms with Crippen molar-refractivity contribution in [2.75, 3.05) is 11.4 Å². The first kappa shape index (κ1) is 10.2. The number of anilines is 1. The van der Waals surface area contributed by atoms with Crippen LogP contribution in [0, 0.1) is 0 Å². The van der Waals surface area contributed by atoms with Gasteiger partial charge in [0.05, 0.1) is 10.6 Å². The van der Waals surface area contributed by atoms with E-state index in [0.29, 0.717) is 11.3 Å². The number of aromatic amines is 2. The summed E-state index contributed by atoms with van der Waals surface area (Å²) in [7, 11) is -2.26. The SMILES string of the molecule is CN1c2c([nH][nH]c2=O)-c2ccccc2S1(=O)=O. The molecule has 6 nitrogen and oxygen atoms in total. The molecule has 1 aromatic carbocycles. The van der Waals surface area contributed by atoms with Gasteiger partial charge in [-0.25, -0.2) is 8.42 Å². The molecule has 1 aliphatic rings. The summed E-state index contributed by atoms with van der Waals surface area (Å²) in [4.78, 5) is 11.8. The number of fused-ring (bicyclic) bond motifs is 3. The molecule has 2 N–H and O–H groups in total. The number of nitrogens with one attached hydrogen (secondary N) is 2. The highest BCUT2D eigenvalue weighted by Crippen LogP contribution is 2.38. The zero-order valence-electron chi connectivity index (χ0n) is 8.89. The van der Waals surface area contributed by atoms with Crippen LogP contribution >= 0.6 is 0 Å². The Morgan fingerprint density at radius 1 is 1.18 bits per heavy atom. The maximum absolute atomic E-state index is 12.2. The fourth-order valence-electron chi connectivity index (χ4n) is 2.01.